The van der Waals surface area contributed by atoms with Gasteiger partial charge in [0, 0.05) is 77.5 Å². The quantitative estimate of drug-likeness (QED) is 0.0467. The average Bonchev–Trinajstić information content (AvgIpc) is 3.20. The third kappa shape index (κ3) is 9.68. The molecule has 0 saturated carbocycles. The van der Waals surface area contributed by atoms with Crippen LogP contribution in [0.2, 0.25) is 5.02 Å². The van der Waals surface area contributed by atoms with Crippen LogP contribution in [0.3, 0.4) is 0 Å². The van der Waals surface area contributed by atoms with Gasteiger partial charge in [-0.05, 0) is 92.8 Å². The molecule has 0 aliphatic carbocycles. The van der Waals surface area contributed by atoms with Crippen molar-refractivity contribution in [2.45, 2.75) is 35.3 Å². The number of sulfonamides is 1. The second-order valence-electron chi connectivity index (χ2n) is 13.7. The monoisotopic (exact) mass is 813 g/mol. The van der Waals surface area contributed by atoms with E-state index in [1.807, 2.05) is 86.6 Å². The Morgan fingerprint density at radius 3 is 2.29 bits per heavy atom. The minimum atomic E-state index is -4.45. The first-order chi connectivity index (χ1) is 26.9. The van der Waals surface area contributed by atoms with Gasteiger partial charge in [-0.25, -0.2) is 13.1 Å². The number of nitrogens with zero attached hydrogens (tertiary/aromatic N) is 5. The van der Waals surface area contributed by atoms with E-state index in [4.69, 9.17) is 11.6 Å². The Morgan fingerprint density at radius 2 is 1.64 bits per heavy atom. The minimum absolute atomic E-state index is 0.143. The van der Waals surface area contributed by atoms with Gasteiger partial charge in [-0.2, -0.15) is 0 Å². The van der Waals surface area contributed by atoms with Crippen LogP contribution in [0.1, 0.15) is 29.3 Å². The van der Waals surface area contributed by atoms with Crippen LogP contribution in [0.15, 0.2) is 125 Å². The Balaban J connectivity index is 1.08. The first kappa shape index (κ1) is 40.7. The standard InChI is InChI=1S/C41H44ClN7O5S2/c1-4-41(46(2)3,29-55-35-10-6-5-7-11-35)44-37-21-20-36(27-38(37)49(51)52)56(53,54)45-40(50)31-14-18-34(19-15-31)48-25-23-47(24-26-48)28-32-9-8-22-43-39(32)30-12-16-33(42)17-13-30/h5-22,27,44H,4,23-26,28-29H2,1-3H3,(H,45,50)/t41-/m1/s1. The van der Waals surface area contributed by atoms with Crippen molar-refractivity contribution in [3.8, 4) is 11.3 Å². The molecule has 1 aliphatic rings. The van der Waals surface area contributed by atoms with E-state index < -0.39 is 37.1 Å². The Morgan fingerprint density at radius 1 is 0.946 bits per heavy atom. The van der Waals surface area contributed by atoms with Crippen molar-refractivity contribution in [3.63, 3.8) is 0 Å². The van der Waals surface area contributed by atoms with E-state index in [9.17, 15) is 23.3 Å². The summed E-state index contributed by atoms with van der Waals surface area (Å²) in [5.74, 6) is -0.281. The van der Waals surface area contributed by atoms with Gasteiger partial charge in [0.15, 0.2) is 0 Å². The highest BCUT2D eigenvalue weighted by Gasteiger charge is 2.34. The molecule has 56 heavy (non-hydrogen) atoms. The summed E-state index contributed by atoms with van der Waals surface area (Å²) in [6.45, 7) is 5.89. The van der Waals surface area contributed by atoms with Crippen molar-refractivity contribution >= 4 is 56.4 Å². The van der Waals surface area contributed by atoms with Crippen molar-refractivity contribution in [1.29, 1.82) is 0 Å². The fourth-order valence-electron chi connectivity index (χ4n) is 6.59. The van der Waals surface area contributed by atoms with Crippen LogP contribution in [0.5, 0.6) is 0 Å². The Kier molecular flexibility index (Phi) is 13.0. The molecule has 15 heteroatoms. The predicted molar refractivity (Wildman–Crippen MR) is 224 cm³/mol. The molecular weight excluding hydrogens is 770 g/mol. The van der Waals surface area contributed by atoms with Gasteiger partial charge in [0.05, 0.1) is 21.2 Å². The molecule has 0 radical (unpaired) electrons. The highest BCUT2D eigenvalue weighted by molar-refractivity contribution is 7.99. The highest BCUT2D eigenvalue weighted by atomic mass is 35.5. The minimum Gasteiger partial charge on any atom is -0.369 e. The number of carbonyl (C=O) groups excluding carboxylic acids is 1. The zero-order chi connectivity index (χ0) is 39.9. The molecule has 0 spiro atoms. The number of nitrogens with one attached hydrogen (secondary N) is 2. The number of rotatable bonds is 15. The van der Waals surface area contributed by atoms with Gasteiger partial charge in [-0.15, -0.1) is 11.8 Å². The van der Waals surface area contributed by atoms with Gasteiger partial charge in [0.2, 0.25) is 0 Å². The van der Waals surface area contributed by atoms with E-state index in [0.29, 0.717) is 17.2 Å². The number of aromatic nitrogens is 1. The highest BCUT2D eigenvalue weighted by Crippen LogP contribution is 2.35. The number of hydrogen-bond donors (Lipinski definition) is 2. The summed E-state index contributed by atoms with van der Waals surface area (Å²) in [5, 5.41) is 16.3. The number of anilines is 2. The van der Waals surface area contributed by atoms with E-state index in [0.717, 1.165) is 66.2 Å². The molecule has 1 fully saturated rings. The number of nitro groups is 1. The van der Waals surface area contributed by atoms with Crippen molar-refractivity contribution < 1.29 is 18.1 Å². The second kappa shape index (κ2) is 17.9. The van der Waals surface area contributed by atoms with E-state index in [2.05, 4.69) is 30.9 Å². The summed E-state index contributed by atoms with van der Waals surface area (Å²) in [6, 6.07) is 31.9. The van der Waals surface area contributed by atoms with Crippen molar-refractivity contribution in [3.05, 3.63) is 142 Å². The molecule has 1 amide bonds. The van der Waals surface area contributed by atoms with Crippen LogP contribution in [0, 0.1) is 10.1 Å². The molecular formula is C41H44ClN7O5S2. The maximum absolute atomic E-state index is 13.4. The largest absolute Gasteiger partial charge is 0.369 e. The third-order valence-corrected chi connectivity index (χ3v) is 12.8. The maximum Gasteiger partial charge on any atom is 0.293 e. The van der Waals surface area contributed by atoms with Crippen molar-refractivity contribution in [1.82, 2.24) is 19.5 Å². The summed E-state index contributed by atoms with van der Waals surface area (Å²) in [7, 11) is -0.675. The fourth-order valence-corrected chi connectivity index (χ4v) is 9.00. The van der Waals surface area contributed by atoms with Gasteiger partial charge in [0.1, 0.15) is 5.69 Å². The molecule has 0 unspecified atom stereocenters. The lowest BCUT2D eigenvalue weighted by molar-refractivity contribution is -0.384. The SMILES string of the molecule is CC[C@@](CSc1ccccc1)(Nc1ccc(S(=O)(=O)NC(=O)c2ccc(N3CCN(Cc4cccnc4-c4ccc(Cl)cc4)CC3)cc2)cc1[N+](=O)[O-])N(C)C. The number of nitro benzene ring substituents is 1. The number of hydrogen-bond acceptors (Lipinski definition) is 11. The molecule has 1 aliphatic heterocycles. The van der Waals surface area contributed by atoms with Crippen LogP contribution in [0.4, 0.5) is 17.1 Å². The van der Waals surface area contributed by atoms with Gasteiger partial charge in [-0.3, -0.25) is 29.7 Å². The lowest BCUT2D eigenvalue weighted by Gasteiger charge is -2.40. The van der Waals surface area contributed by atoms with Gasteiger partial charge >= 0.3 is 0 Å². The number of piperazine rings is 1. The summed E-state index contributed by atoms with van der Waals surface area (Å²) in [4.78, 5) is 36.7. The predicted octanol–water partition coefficient (Wildman–Crippen LogP) is 7.62. The number of pyridine rings is 1. The number of thioether (sulfide) groups is 1. The molecule has 292 valence electrons. The molecule has 1 aromatic heterocycles. The molecule has 5 aromatic rings. The summed E-state index contributed by atoms with van der Waals surface area (Å²) in [5.41, 5.74) is 3.19. The topological polar surface area (TPSA) is 141 Å². The lowest BCUT2D eigenvalue weighted by Crippen LogP contribution is -2.52. The number of carbonyl (C=O) groups is 1. The second-order valence-corrected chi connectivity index (χ2v) is 16.9. The summed E-state index contributed by atoms with van der Waals surface area (Å²) in [6.07, 6.45) is 2.39. The Bertz CT molecular complexity index is 2260. The lowest BCUT2D eigenvalue weighted by atomic mass is 10.1. The molecule has 1 atom stereocenters. The summed E-state index contributed by atoms with van der Waals surface area (Å²) < 4.78 is 28.9. The molecule has 12 nitrogen and oxygen atoms in total. The van der Waals surface area contributed by atoms with Crippen molar-refractivity contribution in [2.75, 3.05) is 56.2 Å². The zero-order valence-corrected chi connectivity index (χ0v) is 33.8. The molecule has 1 saturated heterocycles. The molecule has 2 heterocycles. The number of amides is 1. The van der Waals surface area contributed by atoms with Gasteiger partial charge in [-0.1, -0.05) is 54.9 Å². The van der Waals surface area contributed by atoms with Crippen LogP contribution < -0.4 is 14.9 Å². The smallest absolute Gasteiger partial charge is 0.293 e. The fraction of sp³-hybridized carbons (Fsp3) is 0.268. The maximum atomic E-state index is 13.4. The van der Waals surface area contributed by atoms with E-state index in [1.54, 1.807) is 42.2 Å². The van der Waals surface area contributed by atoms with E-state index in [-0.39, 0.29) is 11.3 Å². The molecule has 0 bridgehead atoms. The van der Waals surface area contributed by atoms with E-state index in [1.165, 1.54) is 12.1 Å². The Hall–Kier alpha value is -4.99. The zero-order valence-electron chi connectivity index (χ0n) is 31.4. The van der Waals surface area contributed by atoms with Gasteiger partial charge < -0.3 is 10.2 Å². The normalized spacial score (nSPS) is 14.6. The summed E-state index contributed by atoms with van der Waals surface area (Å²) >= 11 is 7.70. The van der Waals surface area contributed by atoms with E-state index >= 15 is 0 Å². The molecule has 6 rings (SSSR count). The Labute approximate surface area is 337 Å². The van der Waals surface area contributed by atoms with Crippen LogP contribution >= 0.6 is 23.4 Å². The molecule has 4 aromatic carbocycles. The van der Waals surface area contributed by atoms with Crippen molar-refractivity contribution in [2.24, 2.45) is 0 Å². The average molecular weight is 814 g/mol. The number of benzene rings is 4. The van der Waals surface area contributed by atoms with Crippen LogP contribution in [0.25, 0.3) is 11.3 Å². The third-order valence-electron chi connectivity index (χ3n) is 10.0. The van der Waals surface area contributed by atoms with Crippen LogP contribution in [-0.4, -0.2) is 85.7 Å². The first-order valence-electron chi connectivity index (χ1n) is 18.1. The van der Waals surface area contributed by atoms with Crippen LogP contribution in [-0.2, 0) is 16.6 Å². The van der Waals surface area contributed by atoms with Gasteiger partial charge in [0.25, 0.3) is 21.6 Å². The first-order valence-corrected chi connectivity index (χ1v) is 21.0. The molecule has 2 N–H and O–H groups in total. The number of halogens is 1.